The van der Waals surface area contributed by atoms with Gasteiger partial charge in [-0.1, -0.05) is 0 Å². The van der Waals surface area contributed by atoms with E-state index in [-0.39, 0.29) is 0 Å². The van der Waals surface area contributed by atoms with E-state index >= 15 is 0 Å². The van der Waals surface area contributed by atoms with Crippen molar-refractivity contribution >= 4 is 5.97 Å². The van der Waals surface area contributed by atoms with Crippen LogP contribution in [0, 0.1) is 0 Å². The first-order chi connectivity index (χ1) is 3.18. The highest BCUT2D eigenvalue weighted by molar-refractivity contribution is 5.71. The zero-order chi connectivity index (χ0) is 5.86. The normalized spacial score (nSPS) is 9.14. The van der Waals surface area contributed by atoms with Gasteiger partial charge in [0, 0.05) is 5.26 Å². The second-order valence-corrected chi connectivity index (χ2v) is 0.703. The van der Waals surface area contributed by atoms with Crippen LogP contribution in [-0.2, 0) is 14.9 Å². The van der Waals surface area contributed by atoms with Gasteiger partial charge < -0.3 is 0 Å². The molecule has 0 aromatic rings. The number of alkyl halides is 2. The van der Waals surface area contributed by atoms with Gasteiger partial charge in [0.15, 0.2) is 0 Å². The molecule has 0 saturated carbocycles. The maximum Gasteiger partial charge on any atom is 0.411 e. The Morgan fingerprint density at radius 1 is 1.57 bits per heavy atom. The van der Waals surface area contributed by atoms with E-state index in [1.54, 1.807) is 0 Å². The van der Waals surface area contributed by atoms with Crippen LogP contribution in [0.2, 0.25) is 0 Å². The monoisotopic (exact) mass is 111 g/mol. The van der Waals surface area contributed by atoms with E-state index in [2.05, 4.69) is 4.89 Å². The number of hydrogen-bond acceptors (Lipinski definition) is 2. The van der Waals surface area contributed by atoms with Crippen LogP contribution in [0.1, 0.15) is 0 Å². The Morgan fingerprint density at radius 3 is 2.00 bits per heavy atom. The molecule has 0 aliphatic heterocycles. The van der Waals surface area contributed by atoms with Gasteiger partial charge in [-0.05, 0) is 0 Å². The standard InChI is InChI=1S/C2HF2O3/c3-1(4)2(5)7-6/h1H. The predicted molar refractivity (Wildman–Crippen MR) is 12.8 cm³/mol. The molecule has 0 heterocycles. The Bertz CT molecular complexity index is 71.3. The third kappa shape index (κ3) is 2.05. The Balaban J connectivity index is 3.35. The molecule has 0 N–H and O–H groups in total. The third-order valence-corrected chi connectivity index (χ3v) is 0.260. The van der Waals surface area contributed by atoms with Crippen LogP contribution in [0.25, 0.3) is 0 Å². The fraction of sp³-hybridized carbons (Fsp3) is 0.500. The van der Waals surface area contributed by atoms with Gasteiger partial charge in [-0.3, -0.25) is 4.89 Å². The minimum Gasteiger partial charge on any atom is -0.259 e. The summed E-state index contributed by atoms with van der Waals surface area (Å²) in [4.78, 5) is 11.6. The van der Waals surface area contributed by atoms with Crippen molar-refractivity contribution in [3.05, 3.63) is 0 Å². The number of carbonyl (C=O) groups is 1. The van der Waals surface area contributed by atoms with Gasteiger partial charge in [0.1, 0.15) is 0 Å². The average molecular weight is 111 g/mol. The van der Waals surface area contributed by atoms with Crippen molar-refractivity contribution in [3.8, 4) is 0 Å². The lowest BCUT2D eigenvalue weighted by Gasteiger charge is -1.85. The lowest BCUT2D eigenvalue weighted by molar-refractivity contribution is -0.286. The number of hydrogen-bond donors (Lipinski definition) is 0. The fourth-order valence-electron chi connectivity index (χ4n) is 0.0364. The Morgan fingerprint density at radius 2 is 2.00 bits per heavy atom. The van der Waals surface area contributed by atoms with E-state index in [0.29, 0.717) is 0 Å². The average Bonchev–Trinajstić information content (AvgIpc) is 1.65. The molecule has 0 bridgehead atoms. The first kappa shape index (κ1) is 6.29. The quantitative estimate of drug-likeness (QED) is 0.357. The molecule has 5 heteroatoms. The van der Waals surface area contributed by atoms with Gasteiger partial charge in [-0.2, -0.15) is 8.78 Å². The van der Waals surface area contributed by atoms with Crippen molar-refractivity contribution in [1.82, 2.24) is 0 Å². The zero-order valence-corrected chi connectivity index (χ0v) is 3.06. The Hall–Kier alpha value is -0.710. The highest BCUT2D eigenvalue weighted by Gasteiger charge is 2.16. The lowest BCUT2D eigenvalue weighted by Crippen LogP contribution is -2.10. The molecule has 0 aliphatic rings. The first-order valence-corrected chi connectivity index (χ1v) is 1.30. The summed E-state index contributed by atoms with van der Waals surface area (Å²) in [6, 6.07) is 0. The van der Waals surface area contributed by atoms with Crippen LogP contribution in [0.3, 0.4) is 0 Å². The van der Waals surface area contributed by atoms with Gasteiger partial charge in [-0.15, -0.1) is 0 Å². The minimum atomic E-state index is -3.31. The maximum atomic E-state index is 10.8. The predicted octanol–water partition coefficient (Wildman–Crippen LogP) is 0.140. The van der Waals surface area contributed by atoms with Crippen LogP contribution < -0.4 is 0 Å². The molecule has 0 rings (SSSR count). The van der Waals surface area contributed by atoms with Gasteiger partial charge in [0.2, 0.25) is 0 Å². The summed E-state index contributed by atoms with van der Waals surface area (Å²) in [6.45, 7) is 0. The largest absolute Gasteiger partial charge is 0.411 e. The highest BCUT2D eigenvalue weighted by Crippen LogP contribution is 1.92. The molecular weight excluding hydrogens is 110 g/mol. The molecule has 0 saturated heterocycles. The van der Waals surface area contributed by atoms with E-state index in [0.717, 1.165) is 0 Å². The smallest absolute Gasteiger partial charge is 0.259 e. The molecule has 0 unspecified atom stereocenters. The van der Waals surface area contributed by atoms with E-state index in [9.17, 15) is 13.6 Å². The summed E-state index contributed by atoms with van der Waals surface area (Å²) in [7, 11) is 0. The maximum absolute atomic E-state index is 10.8. The van der Waals surface area contributed by atoms with Crippen molar-refractivity contribution in [2.75, 3.05) is 0 Å². The molecule has 0 spiro atoms. The van der Waals surface area contributed by atoms with Crippen molar-refractivity contribution in [1.29, 1.82) is 0 Å². The Kier molecular flexibility index (Phi) is 2.21. The van der Waals surface area contributed by atoms with Gasteiger partial charge >= 0.3 is 12.4 Å². The van der Waals surface area contributed by atoms with Gasteiger partial charge in [0.25, 0.3) is 0 Å². The van der Waals surface area contributed by atoms with Crippen molar-refractivity contribution in [2.45, 2.75) is 6.43 Å². The summed E-state index contributed by atoms with van der Waals surface area (Å²) in [6.07, 6.45) is -3.31. The van der Waals surface area contributed by atoms with Crippen LogP contribution in [0.5, 0.6) is 0 Å². The molecule has 41 valence electrons. The molecule has 0 atom stereocenters. The second kappa shape index (κ2) is 2.46. The van der Waals surface area contributed by atoms with E-state index < -0.39 is 12.4 Å². The first-order valence-electron chi connectivity index (χ1n) is 1.30. The van der Waals surface area contributed by atoms with Crippen LogP contribution >= 0.6 is 0 Å². The van der Waals surface area contributed by atoms with Crippen LogP contribution in [-0.4, -0.2) is 12.4 Å². The summed E-state index contributed by atoms with van der Waals surface area (Å²) in [5.74, 6) is -2.04. The molecule has 0 fully saturated rings. The molecule has 0 aromatic carbocycles. The summed E-state index contributed by atoms with van der Waals surface area (Å²) < 4.78 is 21.5. The van der Waals surface area contributed by atoms with Crippen LogP contribution in [0.15, 0.2) is 0 Å². The number of carbonyl (C=O) groups excluding carboxylic acids is 1. The summed E-state index contributed by atoms with van der Waals surface area (Å²) in [5.41, 5.74) is 0. The third-order valence-electron chi connectivity index (χ3n) is 0.260. The van der Waals surface area contributed by atoms with Crippen molar-refractivity contribution in [2.24, 2.45) is 0 Å². The summed E-state index contributed by atoms with van der Waals surface area (Å²) in [5, 5.41) is 8.74. The molecule has 3 nitrogen and oxygen atoms in total. The zero-order valence-electron chi connectivity index (χ0n) is 3.06. The highest BCUT2D eigenvalue weighted by atomic mass is 19.3. The van der Waals surface area contributed by atoms with Gasteiger partial charge in [0.05, 0.1) is 0 Å². The fourth-order valence-corrected chi connectivity index (χ4v) is 0.0364. The molecule has 1 radical (unpaired) electrons. The van der Waals surface area contributed by atoms with E-state index in [1.807, 2.05) is 0 Å². The molecule has 7 heavy (non-hydrogen) atoms. The molecular formula is C2HF2O3. The van der Waals surface area contributed by atoms with Gasteiger partial charge in [-0.25, -0.2) is 4.79 Å². The van der Waals surface area contributed by atoms with E-state index in [4.69, 9.17) is 5.26 Å². The minimum absolute atomic E-state index is 2.04. The lowest BCUT2D eigenvalue weighted by atomic mass is 10.7. The molecule has 0 aromatic heterocycles. The number of rotatable bonds is 1. The van der Waals surface area contributed by atoms with Crippen LogP contribution in [0.4, 0.5) is 8.78 Å². The molecule has 0 amide bonds. The summed E-state index contributed by atoms with van der Waals surface area (Å²) >= 11 is 0. The topological polar surface area (TPSA) is 46.2 Å². The SMILES string of the molecule is [O]OC(=O)C(F)F. The second-order valence-electron chi connectivity index (χ2n) is 0.703. The Labute approximate surface area is 37.4 Å². The number of halogens is 2. The van der Waals surface area contributed by atoms with E-state index in [1.165, 1.54) is 0 Å². The molecule has 0 aliphatic carbocycles. The van der Waals surface area contributed by atoms with Crippen molar-refractivity contribution in [3.63, 3.8) is 0 Å². The van der Waals surface area contributed by atoms with Crippen molar-refractivity contribution < 1.29 is 23.7 Å².